The molecule has 3 nitrogen and oxygen atoms in total. The molecule has 3 fully saturated rings. The number of hydrogen-bond acceptors (Lipinski definition) is 2. The smallest absolute Gasteiger partial charge is 0.234 e. The highest BCUT2D eigenvalue weighted by molar-refractivity contribution is 5.87. The van der Waals surface area contributed by atoms with Gasteiger partial charge in [-0.25, -0.2) is 0 Å². The van der Waals surface area contributed by atoms with Crippen LogP contribution in [-0.4, -0.2) is 47.9 Å². The lowest BCUT2D eigenvalue weighted by atomic mass is 9.89. The van der Waals surface area contributed by atoms with Crippen LogP contribution in [0.3, 0.4) is 0 Å². The van der Waals surface area contributed by atoms with Crippen molar-refractivity contribution in [3.8, 4) is 0 Å². The maximum atomic E-state index is 13.6. The van der Waals surface area contributed by atoms with Gasteiger partial charge in [0, 0.05) is 32.2 Å². The Kier molecular flexibility index (Phi) is 4.94. The van der Waals surface area contributed by atoms with Crippen LogP contribution in [0.25, 0.3) is 0 Å². The van der Waals surface area contributed by atoms with Gasteiger partial charge < -0.3 is 4.90 Å². The summed E-state index contributed by atoms with van der Waals surface area (Å²) in [7, 11) is 0. The number of nitrogens with zero attached hydrogens (tertiary/aromatic N) is 2. The van der Waals surface area contributed by atoms with Crippen molar-refractivity contribution in [2.24, 2.45) is 11.8 Å². The second kappa shape index (κ2) is 7.71. The first-order chi connectivity index (χ1) is 13.8. The number of piperazine rings is 1. The van der Waals surface area contributed by atoms with Gasteiger partial charge in [-0.2, -0.15) is 0 Å². The molecule has 3 aliphatic rings. The van der Waals surface area contributed by atoms with Crippen LogP contribution in [0.2, 0.25) is 0 Å². The fourth-order valence-corrected chi connectivity index (χ4v) is 5.88. The molecule has 3 heteroatoms. The lowest BCUT2D eigenvalue weighted by molar-refractivity contribution is -0.134. The number of hydrogen-bond donors (Lipinski definition) is 0. The number of benzene rings is 2. The van der Waals surface area contributed by atoms with Gasteiger partial charge in [-0.3, -0.25) is 9.69 Å². The Balaban J connectivity index is 1.30. The topological polar surface area (TPSA) is 23.6 Å². The molecule has 28 heavy (non-hydrogen) atoms. The van der Waals surface area contributed by atoms with Crippen LogP contribution in [0.4, 0.5) is 0 Å². The maximum Gasteiger partial charge on any atom is 0.234 e. The van der Waals surface area contributed by atoms with Gasteiger partial charge in [0.1, 0.15) is 0 Å². The van der Waals surface area contributed by atoms with E-state index in [1.165, 1.54) is 25.7 Å². The number of amides is 1. The summed E-state index contributed by atoms with van der Waals surface area (Å²) < 4.78 is 0. The molecule has 0 radical (unpaired) electrons. The first-order valence-electron chi connectivity index (χ1n) is 10.9. The van der Waals surface area contributed by atoms with E-state index in [-0.39, 0.29) is 11.8 Å². The lowest BCUT2D eigenvalue weighted by Gasteiger charge is -2.41. The third-order valence-corrected chi connectivity index (χ3v) is 7.31. The Morgan fingerprint density at radius 2 is 1.39 bits per heavy atom. The van der Waals surface area contributed by atoms with Gasteiger partial charge >= 0.3 is 0 Å². The van der Waals surface area contributed by atoms with E-state index in [0.717, 1.165) is 55.2 Å². The summed E-state index contributed by atoms with van der Waals surface area (Å²) in [5.74, 6) is 1.96. The van der Waals surface area contributed by atoms with Gasteiger partial charge in [0.15, 0.2) is 0 Å². The lowest BCUT2D eigenvalue weighted by Crippen LogP contribution is -2.54. The minimum absolute atomic E-state index is 0.198. The molecule has 1 amide bonds. The second-order valence-electron chi connectivity index (χ2n) is 8.86. The van der Waals surface area contributed by atoms with E-state index in [4.69, 9.17) is 0 Å². The maximum absolute atomic E-state index is 13.6. The Bertz CT molecular complexity index is 758. The third-order valence-electron chi connectivity index (χ3n) is 7.31. The van der Waals surface area contributed by atoms with Crippen LogP contribution in [-0.2, 0) is 4.79 Å². The van der Waals surface area contributed by atoms with Gasteiger partial charge in [-0.1, -0.05) is 67.1 Å². The molecule has 1 heterocycles. The number of fused-ring (bicyclic) bond motifs is 2. The number of rotatable bonds is 4. The Hall–Kier alpha value is -2.13. The predicted octanol–water partition coefficient (Wildman–Crippen LogP) is 4.15. The van der Waals surface area contributed by atoms with Crippen molar-refractivity contribution in [3.63, 3.8) is 0 Å². The average Bonchev–Trinajstić information content (AvgIpc) is 3.39. The van der Waals surface area contributed by atoms with E-state index in [1.54, 1.807) is 0 Å². The van der Waals surface area contributed by atoms with Crippen LogP contribution >= 0.6 is 0 Å². The normalized spacial score (nSPS) is 27.5. The van der Waals surface area contributed by atoms with E-state index < -0.39 is 0 Å². The molecule has 2 saturated carbocycles. The van der Waals surface area contributed by atoms with E-state index in [1.807, 2.05) is 36.4 Å². The minimum atomic E-state index is -0.198. The van der Waals surface area contributed by atoms with Crippen molar-refractivity contribution in [3.05, 3.63) is 71.8 Å². The van der Waals surface area contributed by atoms with Crippen molar-refractivity contribution in [1.29, 1.82) is 0 Å². The number of carbonyl (C=O) groups excluding carboxylic acids is 1. The van der Waals surface area contributed by atoms with Crippen LogP contribution in [0.15, 0.2) is 60.7 Å². The Morgan fingerprint density at radius 1 is 0.786 bits per heavy atom. The van der Waals surface area contributed by atoms with Crippen molar-refractivity contribution in [2.75, 3.05) is 26.2 Å². The quantitative estimate of drug-likeness (QED) is 0.803. The van der Waals surface area contributed by atoms with E-state index in [0.29, 0.717) is 0 Å². The number of carbonyl (C=O) groups is 1. The van der Waals surface area contributed by atoms with Crippen LogP contribution in [0.1, 0.15) is 42.7 Å². The van der Waals surface area contributed by atoms with Gasteiger partial charge in [-0.15, -0.1) is 0 Å². The van der Waals surface area contributed by atoms with E-state index in [2.05, 4.69) is 34.1 Å². The minimum Gasteiger partial charge on any atom is -0.339 e. The molecule has 3 atom stereocenters. The van der Waals surface area contributed by atoms with Crippen molar-refractivity contribution < 1.29 is 4.79 Å². The molecule has 2 bridgehead atoms. The van der Waals surface area contributed by atoms with Gasteiger partial charge in [0.25, 0.3) is 0 Å². The van der Waals surface area contributed by atoms with Gasteiger partial charge in [-0.05, 0) is 42.2 Å². The monoisotopic (exact) mass is 374 g/mol. The van der Waals surface area contributed by atoms with Crippen molar-refractivity contribution in [2.45, 2.75) is 37.6 Å². The summed E-state index contributed by atoms with van der Waals surface area (Å²) in [6.45, 7) is 3.80. The molecular formula is C25H30N2O. The predicted molar refractivity (Wildman–Crippen MR) is 112 cm³/mol. The van der Waals surface area contributed by atoms with Crippen molar-refractivity contribution in [1.82, 2.24) is 9.80 Å². The first-order valence-corrected chi connectivity index (χ1v) is 10.9. The third kappa shape index (κ3) is 3.37. The van der Waals surface area contributed by atoms with Crippen LogP contribution in [0.5, 0.6) is 0 Å². The standard InChI is InChI=1S/C25H30N2O/c28-25(24(20-7-3-1-4-8-20)21-9-5-2-6-10-21)27-15-13-26(14-16-27)23-18-19-11-12-22(23)17-19/h1-10,19,22-24H,11-18H2/t19-,22+,23-/m0/s1. The molecule has 1 aliphatic heterocycles. The van der Waals surface area contributed by atoms with Crippen LogP contribution in [0, 0.1) is 11.8 Å². The van der Waals surface area contributed by atoms with Gasteiger partial charge in [0.05, 0.1) is 5.92 Å². The molecular weight excluding hydrogens is 344 g/mol. The zero-order valence-electron chi connectivity index (χ0n) is 16.5. The highest BCUT2D eigenvalue weighted by atomic mass is 16.2. The fraction of sp³-hybridized carbons (Fsp3) is 0.480. The summed E-state index contributed by atoms with van der Waals surface area (Å²) in [6, 6.07) is 21.3. The summed E-state index contributed by atoms with van der Waals surface area (Å²) in [5.41, 5.74) is 2.18. The van der Waals surface area contributed by atoms with E-state index in [9.17, 15) is 4.79 Å². The average molecular weight is 375 g/mol. The summed E-state index contributed by atoms with van der Waals surface area (Å²) >= 11 is 0. The SMILES string of the molecule is O=C(C(c1ccccc1)c1ccccc1)N1CCN([C@H]2C[C@H]3CC[C@@H]2C3)CC1. The summed E-state index contributed by atoms with van der Waals surface area (Å²) in [4.78, 5) is 18.4. The highest BCUT2D eigenvalue weighted by Crippen LogP contribution is 2.46. The van der Waals surface area contributed by atoms with Gasteiger partial charge in [0.2, 0.25) is 5.91 Å². The second-order valence-corrected chi connectivity index (χ2v) is 8.86. The molecule has 0 aromatic heterocycles. The Labute approximate surface area is 168 Å². The zero-order chi connectivity index (χ0) is 18.9. The molecule has 0 spiro atoms. The molecule has 2 aromatic carbocycles. The van der Waals surface area contributed by atoms with Crippen LogP contribution < -0.4 is 0 Å². The largest absolute Gasteiger partial charge is 0.339 e. The molecule has 2 aromatic rings. The molecule has 2 aliphatic carbocycles. The van der Waals surface area contributed by atoms with E-state index >= 15 is 0 Å². The molecule has 0 unspecified atom stereocenters. The fourth-order valence-electron chi connectivity index (χ4n) is 5.88. The Morgan fingerprint density at radius 3 is 1.89 bits per heavy atom. The molecule has 0 N–H and O–H groups in total. The summed E-state index contributed by atoms with van der Waals surface area (Å²) in [6.07, 6.45) is 5.73. The van der Waals surface area contributed by atoms with Crippen molar-refractivity contribution >= 4 is 5.91 Å². The summed E-state index contributed by atoms with van der Waals surface area (Å²) in [5, 5.41) is 0. The molecule has 146 valence electrons. The highest BCUT2D eigenvalue weighted by Gasteiger charge is 2.43. The first kappa shape index (κ1) is 17.9. The molecule has 1 saturated heterocycles. The molecule has 5 rings (SSSR count). The zero-order valence-corrected chi connectivity index (χ0v) is 16.5.